The maximum Gasteiger partial charge on any atom is 0.224 e. The van der Waals surface area contributed by atoms with Gasteiger partial charge in [-0.05, 0) is 12.8 Å². The Morgan fingerprint density at radius 1 is 1.44 bits per heavy atom. The number of aromatic nitrogens is 2. The molecule has 0 radical (unpaired) electrons. The lowest BCUT2D eigenvalue weighted by Gasteiger charge is -2.28. The summed E-state index contributed by atoms with van der Waals surface area (Å²) >= 11 is 6.11. The monoisotopic (exact) mass is 242 g/mol. The first-order valence-electron chi connectivity index (χ1n) is 5.57. The fraction of sp³-hybridized carbons (Fsp3) is 0.636. The number of nitrogens with one attached hydrogen (secondary N) is 1. The zero-order valence-electron chi connectivity index (χ0n) is 10.3. The fourth-order valence-electron chi connectivity index (χ4n) is 1.74. The molecule has 0 fully saturated rings. The summed E-state index contributed by atoms with van der Waals surface area (Å²) in [4.78, 5) is 10.6. The topological polar surface area (TPSA) is 41.1 Å². The van der Waals surface area contributed by atoms with Crippen LogP contribution in [0.2, 0.25) is 5.02 Å². The largest absolute Gasteiger partial charge is 0.357 e. The second kappa shape index (κ2) is 5.89. The number of hydrogen-bond acceptors (Lipinski definition) is 4. The second-order valence-corrected chi connectivity index (χ2v) is 4.10. The van der Waals surface area contributed by atoms with Crippen LogP contribution in [0.25, 0.3) is 0 Å². The third kappa shape index (κ3) is 2.76. The Kier molecular flexibility index (Phi) is 4.80. The standard InChI is InChI=1S/C11H19ClN4/c1-5-8(6-2)16(4)10-9(12)7-14-11(13-3)15-10/h7-8H,5-6H2,1-4H3,(H,13,14,15). The Balaban J connectivity index is 3.01. The lowest BCUT2D eigenvalue weighted by Crippen LogP contribution is -2.31. The summed E-state index contributed by atoms with van der Waals surface area (Å²) in [7, 11) is 3.81. The molecule has 0 spiro atoms. The van der Waals surface area contributed by atoms with Crippen molar-refractivity contribution in [3.05, 3.63) is 11.2 Å². The van der Waals surface area contributed by atoms with Gasteiger partial charge in [-0.2, -0.15) is 4.98 Å². The molecule has 0 atom stereocenters. The van der Waals surface area contributed by atoms with Crippen molar-refractivity contribution in [1.82, 2.24) is 9.97 Å². The highest BCUT2D eigenvalue weighted by molar-refractivity contribution is 6.32. The Labute approximate surface area is 102 Å². The van der Waals surface area contributed by atoms with Crippen LogP contribution in [0.15, 0.2) is 6.20 Å². The number of halogens is 1. The van der Waals surface area contributed by atoms with Crippen LogP contribution in [0, 0.1) is 0 Å². The molecule has 0 aromatic carbocycles. The molecule has 1 heterocycles. The molecule has 90 valence electrons. The van der Waals surface area contributed by atoms with E-state index >= 15 is 0 Å². The van der Waals surface area contributed by atoms with Crippen LogP contribution >= 0.6 is 11.6 Å². The van der Waals surface area contributed by atoms with E-state index in [9.17, 15) is 0 Å². The number of hydrogen-bond donors (Lipinski definition) is 1. The molecule has 0 unspecified atom stereocenters. The van der Waals surface area contributed by atoms with Gasteiger partial charge in [0, 0.05) is 20.1 Å². The SMILES string of the molecule is CCC(CC)N(C)c1nc(NC)ncc1Cl. The first-order valence-corrected chi connectivity index (χ1v) is 5.94. The lowest BCUT2D eigenvalue weighted by atomic mass is 10.1. The first-order chi connectivity index (χ1) is 7.63. The third-order valence-electron chi connectivity index (χ3n) is 2.77. The lowest BCUT2D eigenvalue weighted by molar-refractivity contribution is 0.586. The van der Waals surface area contributed by atoms with E-state index in [1.807, 2.05) is 7.05 Å². The minimum absolute atomic E-state index is 0.456. The zero-order valence-corrected chi connectivity index (χ0v) is 11.0. The quantitative estimate of drug-likeness (QED) is 0.862. The van der Waals surface area contributed by atoms with Crippen molar-refractivity contribution in [2.45, 2.75) is 32.7 Å². The van der Waals surface area contributed by atoms with Gasteiger partial charge in [0.05, 0.1) is 6.20 Å². The molecule has 0 saturated carbocycles. The van der Waals surface area contributed by atoms with Gasteiger partial charge in [-0.3, -0.25) is 0 Å². The van der Waals surface area contributed by atoms with Crippen LogP contribution in [0.1, 0.15) is 26.7 Å². The molecule has 16 heavy (non-hydrogen) atoms. The maximum absolute atomic E-state index is 6.11. The molecule has 0 aliphatic heterocycles. The Morgan fingerprint density at radius 2 is 2.06 bits per heavy atom. The average Bonchev–Trinajstić information content (AvgIpc) is 2.31. The van der Waals surface area contributed by atoms with Gasteiger partial charge in [-0.25, -0.2) is 4.98 Å². The van der Waals surface area contributed by atoms with E-state index in [0.717, 1.165) is 18.7 Å². The summed E-state index contributed by atoms with van der Waals surface area (Å²) in [5.41, 5.74) is 0. The van der Waals surface area contributed by atoms with Crippen LogP contribution in [0.4, 0.5) is 11.8 Å². The van der Waals surface area contributed by atoms with Crippen LogP contribution in [-0.4, -0.2) is 30.1 Å². The highest BCUT2D eigenvalue weighted by atomic mass is 35.5. The molecular formula is C11H19ClN4. The van der Waals surface area contributed by atoms with Crippen molar-refractivity contribution in [3.8, 4) is 0 Å². The van der Waals surface area contributed by atoms with Crippen molar-refractivity contribution >= 4 is 23.4 Å². The smallest absolute Gasteiger partial charge is 0.224 e. The average molecular weight is 243 g/mol. The molecule has 1 aromatic heterocycles. The molecule has 0 aliphatic rings. The zero-order chi connectivity index (χ0) is 12.1. The summed E-state index contributed by atoms with van der Waals surface area (Å²) in [5.74, 6) is 1.38. The highest BCUT2D eigenvalue weighted by Gasteiger charge is 2.16. The van der Waals surface area contributed by atoms with Crippen molar-refractivity contribution in [1.29, 1.82) is 0 Å². The Bertz CT molecular complexity index is 339. The van der Waals surface area contributed by atoms with Crippen molar-refractivity contribution in [3.63, 3.8) is 0 Å². The van der Waals surface area contributed by atoms with Crippen LogP contribution < -0.4 is 10.2 Å². The number of anilines is 2. The van der Waals surface area contributed by atoms with Crippen LogP contribution in [-0.2, 0) is 0 Å². The van der Waals surface area contributed by atoms with E-state index in [2.05, 4.69) is 34.0 Å². The summed E-state index contributed by atoms with van der Waals surface area (Å²) in [6.45, 7) is 4.33. The van der Waals surface area contributed by atoms with Crippen molar-refractivity contribution < 1.29 is 0 Å². The molecule has 4 nitrogen and oxygen atoms in total. The fourth-order valence-corrected chi connectivity index (χ4v) is 1.96. The Morgan fingerprint density at radius 3 is 2.56 bits per heavy atom. The summed E-state index contributed by atoms with van der Waals surface area (Å²) < 4.78 is 0. The molecule has 1 aromatic rings. The normalized spacial score (nSPS) is 10.6. The summed E-state index contributed by atoms with van der Waals surface area (Å²) in [5, 5.41) is 3.51. The number of rotatable bonds is 5. The molecule has 0 saturated heterocycles. The van der Waals surface area contributed by atoms with Gasteiger partial charge in [0.15, 0.2) is 5.82 Å². The van der Waals surface area contributed by atoms with Gasteiger partial charge >= 0.3 is 0 Å². The van der Waals surface area contributed by atoms with Gasteiger partial charge in [0.25, 0.3) is 0 Å². The number of nitrogens with zero attached hydrogens (tertiary/aromatic N) is 3. The van der Waals surface area contributed by atoms with Gasteiger partial charge in [0.2, 0.25) is 5.95 Å². The molecular weight excluding hydrogens is 224 g/mol. The van der Waals surface area contributed by atoms with Gasteiger partial charge in [-0.15, -0.1) is 0 Å². The van der Waals surface area contributed by atoms with E-state index in [-0.39, 0.29) is 0 Å². The van der Waals surface area contributed by atoms with E-state index in [0.29, 0.717) is 17.0 Å². The van der Waals surface area contributed by atoms with Crippen LogP contribution in [0.3, 0.4) is 0 Å². The molecule has 0 aliphatic carbocycles. The van der Waals surface area contributed by atoms with Gasteiger partial charge in [-0.1, -0.05) is 25.4 Å². The molecule has 1 N–H and O–H groups in total. The molecule has 0 amide bonds. The minimum atomic E-state index is 0.456. The van der Waals surface area contributed by atoms with E-state index in [1.54, 1.807) is 13.2 Å². The molecule has 1 rings (SSSR count). The summed E-state index contributed by atoms with van der Waals surface area (Å²) in [6, 6.07) is 0.456. The van der Waals surface area contributed by atoms with Gasteiger partial charge < -0.3 is 10.2 Å². The Hall–Kier alpha value is -1.03. The summed E-state index contributed by atoms with van der Waals surface area (Å²) in [6.07, 6.45) is 3.78. The van der Waals surface area contributed by atoms with Crippen molar-refractivity contribution in [2.24, 2.45) is 0 Å². The predicted octanol–water partition coefficient (Wildman–Crippen LogP) is 2.80. The third-order valence-corrected chi connectivity index (χ3v) is 3.04. The minimum Gasteiger partial charge on any atom is -0.357 e. The maximum atomic E-state index is 6.11. The highest BCUT2D eigenvalue weighted by Crippen LogP contribution is 2.25. The van der Waals surface area contributed by atoms with Gasteiger partial charge in [0.1, 0.15) is 5.02 Å². The molecule has 5 heteroatoms. The van der Waals surface area contributed by atoms with E-state index in [1.165, 1.54) is 0 Å². The molecule has 0 bridgehead atoms. The van der Waals surface area contributed by atoms with E-state index in [4.69, 9.17) is 11.6 Å². The first kappa shape index (κ1) is 13.0. The second-order valence-electron chi connectivity index (χ2n) is 3.70. The van der Waals surface area contributed by atoms with Crippen LogP contribution in [0.5, 0.6) is 0 Å². The van der Waals surface area contributed by atoms with E-state index < -0.39 is 0 Å². The predicted molar refractivity (Wildman–Crippen MR) is 69.4 cm³/mol. The van der Waals surface area contributed by atoms with Crippen molar-refractivity contribution in [2.75, 3.05) is 24.3 Å².